The van der Waals surface area contributed by atoms with Crippen molar-refractivity contribution in [3.63, 3.8) is 0 Å². The van der Waals surface area contributed by atoms with Crippen LogP contribution in [0.5, 0.6) is 0 Å². The van der Waals surface area contributed by atoms with Crippen LogP contribution in [-0.4, -0.2) is 53.8 Å². The van der Waals surface area contributed by atoms with Crippen LogP contribution in [0.25, 0.3) is 0 Å². The highest BCUT2D eigenvalue weighted by molar-refractivity contribution is 5.88. The van der Waals surface area contributed by atoms with Crippen molar-refractivity contribution in [2.24, 2.45) is 0 Å². The summed E-state index contributed by atoms with van der Waals surface area (Å²) in [5, 5.41) is 15.6. The first kappa shape index (κ1) is 20.7. The van der Waals surface area contributed by atoms with Crippen LogP contribution in [0, 0.1) is 18.3 Å². The summed E-state index contributed by atoms with van der Waals surface area (Å²) in [5.41, 5.74) is 1.95. The van der Waals surface area contributed by atoms with E-state index in [1.54, 1.807) is 4.90 Å². The molecule has 2 saturated heterocycles. The average Bonchev–Trinajstić information content (AvgIpc) is 3.18. The molecule has 2 N–H and O–H groups in total. The monoisotopic (exact) mass is 395 g/mol. The van der Waals surface area contributed by atoms with Gasteiger partial charge in [0.05, 0.1) is 18.7 Å². The van der Waals surface area contributed by atoms with Crippen LogP contribution in [0.1, 0.15) is 37.7 Å². The maximum atomic E-state index is 13.1. The molecule has 7 nitrogen and oxygen atoms in total. The molecule has 1 unspecified atom stereocenters. The fourth-order valence-electron chi connectivity index (χ4n) is 3.87. The molecule has 2 amide bonds. The highest BCUT2D eigenvalue weighted by Gasteiger charge is 2.30. The molecule has 1 atom stereocenters. The largest absolute Gasteiger partial charge is 0.359 e. The number of carbonyl (C=O) groups excluding carboxylic acids is 2. The van der Waals surface area contributed by atoms with Crippen molar-refractivity contribution in [2.45, 2.75) is 45.1 Å². The van der Waals surface area contributed by atoms with E-state index in [0.29, 0.717) is 18.8 Å². The van der Waals surface area contributed by atoms with Crippen molar-refractivity contribution in [3.05, 3.63) is 41.7 Å². The topological polar surface area (TPSA) is 88.5 Å². The van der Waals surface area contributed by atoms with Crippen LogP contribution in [0.2, 0.25) is 0 Å². The Morgan fingerprint density at radius 2 is 2.00 bits per heavy atom. The molecule has 1 aromatic rings. The van der Waals surface area contributed by atoms with Gasteiger partial charge in [0.25, 0.3) is 0 Å². The molecule has 29 heavy (non-hydrogen) atoms. The third-order valence-corrected chi connectivity index (χ3v) is 5.40. The zero-order chi connectivity index (χ0) is 20.6. The molecule has 0 saturated carbocycles. The SMILES string of the molecule is Cc1cccc(N/C(=C/C#N)NC2CCCCN(CC(=O)N3CCCC3)C2=O)c1. The van der Waals surface area contributed by atoms with Gasteiger partial charge in [0.1, 0.15) is 11.9 Å². The lowest BCUT2D eigenvalue weighted by Crippen LogP contribution is -2.49. The number of likely N-dealkylation sites (tertiary alicyclic amines) is 2. The number of carbonyl (C=O) groups is 2. The predicted octanol–water partition coefficient (Wildman–Crippen LogP) is 2.37. The molecule has 1 aromatic carbocycles. The van der Waals surface area contributed by atoms with Gasteiger partial charge < -0.3 is 20.4 Å². The molecular weight excluding hydrogens is 366 g/mol. The Labute approximate surface area is 172 Å². The number of rotatable bonds is 6. The Bertz CT molecular complexity index is 808. The van der Waals surface area contributed by atoms with E-state index in [2.05, 4.69) is 10.6 Å². The molecule has 2 aliphatic heterocycles. The lowest BCUT2D eigenvalue weighted by Gasteiger charge is -2.27. The summed E-state index contributed by atoms with van der Waals surface area (Å²) in [5.74, 6) is 0.441. The van der Waals surface area contributed by atoms with Crippen LogP contribution in [-0.2, 0) is 9.59 Å². The van der Waals surface area contributed by atoms with E-state index < -0.39 is 6.04 Å². The number of benzene rings is 1. The predicted molar refractivity (Wildman–Crippen MR) is 112 cm³/mol. The molecule has 2 fully saturated rings. The normalized spacial score (nSPS) is 20.2. The van der Waals surface area contributed by atoms with Crippen molar-refractivity contribution in [2.75, 3.05) is 31.5 Å². The van der Waals surface area contributed by atoms with E-state index in [9.17, 15) is 9.59 Å². The third-order valence-electron chi connectivity index (χ3n) is 5.40. The molecule has 0 aliphatic carbocycles. The number of aryl methyl sites for hydroxylation is 1. The number of nitrogens with zero attached hydrogens (tertiary/aromatic N) is 3. The van der Waals surface area contributed by atoms with Crippen LogP contribution in [0.3, 0.4) is 0 Å². The second-order valence-electron chi connectivity index (χ2n) is 7.72. The fraction of sp³-hybridized carbons (Fsp3) is 0.500. The van der Waals surface area contributed by atoms with E-state index in [1.807, 2.05) is 42.2 Å². The Balaban J connectivity index is 1.66. The lowest BCUT2D eigenvalue weighted by molar-refractivity contribution is -0.140. The molecule has 7 heteroatoms. The summed E-state index contributed by atoms with van der Waals surface area (Å²) in [6.07, 6.45) is 5.89. The highest BCUT2D eigenvalue weighted by Crippen LogP contribution is 2.17. The van der Waals surface area contributed by atoms with Gasteiger partial charge in [0.2, 0.25) is 11.8 Å². The van der Waals surface area contributed by atoms with Crippen molar-refractivity contribution in [1.29, 1.82) is 5.26 Å². The first-order valence-corrected chi connectivity index (χ1v) is 10.3. The number of hydrogen-bond donors (Lipinski definition) is 2. The van der Waals surface area contributed by atoms with Crippen molar-refractivity contribution in [3.8, 4) is 6.07 Å². The van der Waals surface area contributed by atoms with Gasteiger partial charge >= 0.3 is 0 Å². The van der Waals surface area contributed by atoms with E-state index in [0.717, 1.165) is 50.0 Å². The molecule has 0 radical (unpaired) electrons. The fourth-order valence-corrected chi connectivity index (χ4v) is 3.87. The Morgan fingerprint density at radius 3 is 2.72 bits per heavy atom. The van der Waals surface area contributed by atoms with Crippen molar-refractivity contribution < 1.29 is 9.59 Å². The summed E-state index contributed by atoms with van der Waals surface area (Å²) in [6.45, 7) is 4.31. The first-order chi connectivity index (χ1) is 14.1. The number of nitriles is 1. The summed E-state index contributed by atoms with van der Waals surface area (Å²) in [7, 11) is 0. The van der Waals surface area contributed by atoms with E-state index in [1.165, 1.54) is 6.08 Å². The zero-order valence-corrected chi connectivity index (χ0v) is 17.0. The Hall–Kier alpha value is -3.01. The van der Waals surface area contributed by atoms with Gasteiger partial charge in [0.15, 0.2) is 0 Å². The van der Waals surface area contributed by atoms with E-state index in [4.69, 9.17) is 5.26 Å². The van der Waals surface area contributed by atoms with Crippen LogP contribution in [0.4, 0.5) is 5.69 Å². The summed E-state index contributed by atoms with van der Waals surface area (Å²) in [4.78, 5) is 29.1. The zero-order valence-electron chi connectivity index (χ0n) is 17.0. The number of hydrogen-bond acceptors (Lipinski definition) is 5. The minimum Gasteiger partial charge on any atom is -0.359 e. The maximum absolute atomic E-state index is 13.1. The van der Waals surface area contributed by atoms with Gasteiger partial charge in [0, 0.05) is 25.3 Å². The average molecular weight is 396 g/mol. The summed E-state index contributed by atoms with van der Waals surface area (Å²) >= 11 is 0. The molecule has 154 valence electrons. The first-order valence-electron chi connectivity index (χ1n) is 10.3. The van der Waals surface area contributed by atoms with Gasteiger partial charge in [-0.1, -0.05) is 12.1 Å². The highest BCUT2D eigenvalue weighted by atomic mass is 16.2. The maximum Gasteiger partial charge on any atom is 0.245 e. The third kappa shape index (κ3) is 5.74. The van der Waals surface area contributed by atoms with Crippen molar-refractivity contribution in [1.82, 2.24) is 15.1 Å². The number of anilines is 1. The minimum absolute atomic E-state index is 0.0298. The molecular formula is C22H29N5O2. The second-order valence-corrected chi connectivity index (χ2v) is 7.72. The minimum atomic E-state index is -0.458. The number of amides is 2. The number of nitrogens with one attached hydrogen (secondary N) is 2. The molecule has 2 aliphatic rings. The molecule has 2 heterocycles. The van der Waals surface area contributed by atoms with Crippen molar-refractivity contribution >= 4 is 17.5 Å². The quantitative estimate of drug-likeness (QED) is 0.722. The van der Waals surface area contributed by atoms with Crippen LogP contribution < -0.4 is 10.6 Å². The molecule has 0 aromatic heterocycles. The summed E-state index contributed by atoms with van der Waals surface area (Å²) < 4.78 is 0. The van der Waals surface area contributed by atoms with Crippen LogP contribution in [0.15, 0.2) is 36.2 Å². The van der Waals surface area contributed by atoms with Gasteiger partial charge in [-0.25, -0.2) is 0 Å². The van der Waals surface area contributed by atoms with Gasteiger partial charge in [-0.15, -0.1) is 0 Å². The Kier molecular flexibility index (Phi) is 7.12. The van der Waals surface area contributed by atoms with Gasteiger partial charge in [-0.3, -0.25) is 9.59 Å². The molecule has 3 rings (SSSR count). The van der Waals surface area contributed by atoms with Gasteiger partial charge in [-0.05, 0) is 56.7 Å². The lowest BCUT2D eigenvalue weighted by atomic mass is 10.1. The second kappa shape index (κ2) is 9.97. The smallest absolute Gasteiger partial charge is 0.245 e. The standard InChI is InChI=1S/C22H29N5O2/c1-17-7-6-8-18(15-17)24-20(10-11-23)25-19-9-2-3-14-27(22(19)29)16-21(28)26-12-4-5-13-26/h6-8,10,15,19,24-25H,2-5,9,12-14,16H2,1H3/b20-10-. The van der Waals surface area contributed by atoms with E-state index in [-0.39, 0.29) is 18.4 Å². The van der Waals surface area contributed by atoms with Crippen LogP contribution >= 0.6 is 0 Å². The molecule has 0 bridgehead atoms. The Morgan fingerprint density at radius 1 is 1.24 bits per heavy atom. The number of allylic oxidation sites excluding steroid dienone is 1. The summed E-state index contributed by atoms with van der Waals surface area (Å²) in [6, 6.07) is 9.39. The van der Waals surface area contributed by atoms with Gasteiger partial charge in [-0.2, -0.15) is 5.26 Å². The van der Waals surface area contributed by atoms with E-state index >= 15 is 0 Å². The molecule has 0 spiro atoms.